The molecule has 26 heavy (non-hydrogen) atoms. The van der Waals surface area contributed by atoms with E-state index < -0.39 is 18.5 Å². The van der Waals surface area contributed by atoms with E-state index in [2.05, 4.69) is 10.6 Å². The largest absolute Gasteiger partial charge is 0.482 e. The first kappa shape index (κ1) is 17.5. The van der Waals surface area contributed by atoms with Crippen LogP contribution in [0.5, 0.6) is 5.75 Å². The molecule has 0 saturated carbocycles. The topological polar surface area (TPSA) is 105 Å². The highest BCUT2D eigenvalue weighted by Crippen LogP contribution is 2.32. The normalized spacial score (nSPS) is 15.5. The lowest BCUT2D eigenvalue weighted by Crippen LogP contribution is -2.34. The Hall–Kier alpha value is -3.35. The number of carboxylic acids is 1. The summed E-state index contributed by atoms with van der Waals surface area (Å²) in [6.07, 6.45) is 0.102. The average Bonchev–Trinajstić information content (AvgIpc) is 2.64. The van der Waals surface area contributed by atoms with Gasteiger partial charge in [0.15, 0.2) is 6.61 Å². The van der Waals surface area contributed by atoms with Crippen LogP contribution in [0.4, 0.5) is 5.69 Å². The van der Waals surface area contributed by atoms with Crippen LogP contribution in [0.1, 0.15) is 23.5 Å². The summed E-state index contributed by atoms with van der Waals surface area (Å²) < 4.78 is 5.13. The van der Waals surface area contributed by atoms with Gasteiger partial charge in [-0.25, -0.2) is 4.79 Å². The van der Waals surface area contributed by atoms with Crippen LogP contribution in [-0.2, 0) is 20.9 Å². The van der Waals surface area contributed by atoms with Gasteiger partial charge in [-0.1, -0.05) is 30.3 Å². The van der Waals surface area contributed by atoms with Crippen LogP contribution in [0.2, 0.25) is 0 Å². The van der Waals surface area contributed by atoms with Crippen molar-refractivity contribution in [2.75, 3.05) is 11.9 Å². The van der Waals surface area contributed by atoms with Crippen molar-refractivity contribution in [1.29, 1.82) is 0 Å². The maximum absolute atomic E-state index is 12.6. The van der Waals surface area contributed by atoms with Crippen LogP contribution in [0.15, 0.2) is 48.5 Å². The number of anilines is 1. The second-order valence-electron chi connectivity index (χ2n) is 5.94. The number of fused-ring (bicyclic) bond motifs is 1. The molecule has 3 N–H and O–H groups in total. The predicted molar refractivity (Wildman–Crippen MR) is 93.8 cm³/mol. The Labute approximate surface area is 150 Å². The number of carbonyl (C=O) groups excluding carboxylic acids is 2. The third kappa shape index (κ3) is 4.18. The molecule has 1 heterocycles. The molecule has 0 spiro atoms. The molecule has 0 radical (unpaired) electrons. The molecule has 1 unspecified atom stereocenters. The zero-order valence-electron chi connectivity index (χ0n) is 13.9. The van der Waals surface area contributed by atoms with Crippen molar-refractivity contribution < 1.29 is 24.2 Å². The number of benzene rings is 2. The number of para-hydroxylation sites is 1. The number of nitrogens with one attached hydrogen (secondary N) is 2. The molecule has 0 aliphatic carbocycles. The predicted octanol–water partition coefficient (Wildman–Crippen LogP) is 1.89. The third-order valence-electron chi connectivity index (χ3n) is 4.04. The Morgan fingerprint density at radius 2 is 2.00 bits per heavy atom. The lowest BCUT2D eigenvalue weighted by molar-refractivity contribution is -0.139. The minimum Gasteiger partial charge on any atom is -0.482 e. The zero-order valence-corrected chi connectivity index (χ0v) is 13.9. The molecular formula is C19H18N2O5. The van der Waals surface area contributed by atoms with E-state index in [-0.39, 0.29) is 24.8 Å². The van der Waals surface area contributed by atoms with E-state index >= 15 is 0 Å². The fourth-order valence-corrected chi connectivity index (χ4v) is 2.85. The minimum atomic E-state index is -1.06. The van der Waals surface area contributed by atoms with Crippen molar-refractivity contribution in [3.8, 4) is 5.75 Å². The fourth-order valence-electron chi connectivity index (χ4n) is 2.85. The van der Waals surface area contributed by atoms with Gasteiger partial charge in [-0.15, -0.1) is 0 Å². The van der Waals surface area contributed by atoms with Gasteiger partial charge in [0, 0.05) is 18.7 Å². The maximum Gasteiger partial charge on any atom is 0.341 e. The van der Waals surface area contributed by atoms with Crippen molar-refractivity contribution in [2.45, 2.75) is 18.9 Å². The summed E-state index contributed by atoms with van der Waals surface area (Å²) in [6, 6.07) is 14.1. The van der Waals surface area contributed by atoms with Crippen LogP contribution in [0.3, 0.4) is 0 Å². The molecule has 1 aliphatic rings. The summed E-state index contributed by atoms with van der Waals surface area (Å²) in [5.74, 6) is -1.59. The van der Waals surface area contributed by atoms with Gasteiger partial charge in [-0.2, -0.15) is 0 Å². The molecule has 7 nitrogen and oxygen atoms in total. The van der Waals surface area contributed by atoms with E-state index in [1.807, 2.05) is 18.2 Å². The quantitative estimate of drug-likeness (QED) is 0.735. The van der Waals surface area contributed by atoms with Crippen LogP contribution in [0.25, 0.3) is 0 Å². The Morgan fingerprint density at radius 1 is 1.19 bits per heavy atom. The summed E-state index contributed by atoms with van der Waals surface area (Å²) >= 11 is 0. The van der Waals surface area contributed by atoms with Gasteiger partial charge in [-0.3, -0.25) is 9.59 Å². The standard InChI is InChI=1S/C19H18N2O5/c22-17-9-15(14-6-1-2-7-16(14)21-17)19(25)20-10-12-4-3-5-13(8-12)26-11-18(23)24/h1-8,15H,9-11H2,(H,20,25)(H,21,22)(H,23,24). The number of carboxylic acid groups (broad SMARTS) is 1. The van der Waals surface area contributed by atoms with Gasteiger partial charge < -0.3 is 20.5 Å². The molecule has 0 aromatic heterocycles. The van der Waals surface area contributed by atoms with Crippen molar-refractivity contribution in [2.24, 2.45) is 0 Å². The number of amides is 2. The molecule has 3 rings (SSSR count). The highest BCUT2D eigenvalue weighted by molar-refractivity contribution is 6.01. The first-order valence-electron chi connectivity index (χ1n) is 8.13. The number of rotatable bonds is 6. The molecule has 1 aliphatic heterocycles. The van der Waals surface area contributed by atoms with E-state index in [1.165, 1.54) is 0 Å². The zero-order chi connectivity index (χ0) is 18.5. The van der Waals surface area contributed by atoms with E-state index in [1.54, 1.807) is 30.3 Å². The first-order chi connectivity index (χ1) is 12.5. The SMILES string of the molecule is O=C(O)COc1cccc(CNC(=O)C2CC(=O)Nc3ccccc32)c1. The lowest BCUT2D eigenvalue weighted by Gasteiger charge is -2.24. The van der Waals surface area contributed by atoms with Gasteiger partial charge in [0.05, 0.1) is 5.92 Å². The van der Waals surface area contributed by atoms with Crippen LogP contribution < -0.4 is 15.4 Å². The van der Waals surface area contributed by atoms with Crippen LogP contribution in [0, 0.1) is 0 Å². The second kappa shape index (κ2) is 7.69. The number of ether oxygens (including phenoxy) is 1. The number of aliphatic carboxylic acids is 1. The summed E-state index contributed by atoms with van der Waals surface area (Å²) in [5.41, 5.74) is 2.23. The van der Waals surface area contributed by atoms with Crippen molar-refractivity contribution in [3.63, 3.8) is 0 Å². The lowest BCUT2D eigenvalue weighted by atomic mass is 9.90. The van der Waals surface area contributed by atoms with Gasteiger partial charge in [0.25, 0.3) is 0 Å². The Bertz CT molecular complexity index is 849. The molecule has 0 fully saturated rings. The van der Waals surface area contributed by atoms with Crippen molar-refractivity contribution >= 4 is 23.5 Å². The van der Waals surface area contributed by atoms with E-state index in [0.29, 0.717) is 11.4 Å². The molecular weight excluding hydrogens is 336 g/mol. The van der Waals surface area contributed by atoms with Crippen molar-refractivity contribution in [3.05, 3.63) is 59.7 Å². The highest BCUT2D eigenvalue weighted by Gasteiger charge is 2.30. The van der Waals surface area contributed by atoms with Crippen LogP contribution >= 0.6 is 0 Å². The molecule has 134 valence electrons. The van der Waals surface area contributed by atoms with E-state index in [4.69, 9.17) is 9.84 Å². The van der Waals surface area contributed by atoms with E-state index in [9.17, 15) is 14.4 Å². The van der Waals surface area contributed by atoms with E-state index in [0.717, 1.165) is 11.1 Å². The average molecular weight is 354 g/mol. The molecule has 2 aromatic rings. The molecule has 2 amide bonds. The van der Waals surface area contributed by atoms with Gasteiger partial charge in [0.2, 0.25) is 11.8 Å². The monoisotopic (exact) mass is 354 g/mol. The number of hydrogen-bond donors (Lipinski definition) is 3. The molecule has 0 bridgehead atoms. The van der Waals surface area contributed by atoms with Gasteiger partial charge in [0.1, 0.15) is 5.75 Å². The minimum absolute atomic E-state index is 0.102. The summed E-state index contributed by atoms with van der Waals surface area (Å²) in [5, 5.41) is 14.2. The molecule has 2 aromatic carbocycles. The Morgan fingerprint density at radius 3 is 2.81 bits per heavy atom. The van der Waals surface area contributed by atoms with Gasteiger partial charge >= 0.3 is 5.97 Å². The first-order valence-corrected chi connectivity index (χ1v) is 8.13. The van der Waals surface area contributed by atoms with Crippen LogP contribution in [-0.4, -0.2) is 29.5 Å². The second-order valence-corrected chi connectivity index (χ2v) is 5.94. The maximum atomic E-state index is 12.6. The highest BCUT2D eigenvalue weighted by atomic mass is 16.5. The molecule has 7 heteroatoms. The Balaban J connectivity index is 1.65. The smallest absolute Gasteiger partial charge is 0.341 e. The molecule has 1 atom stereocenters. The third-order valence-corrected chi connectivity index (χ3v) is 4.04. The van der Waals surface area contributed by atoms with Crippen molar-refractivity contribution in [1.82, 2.24) is 5.32 Å². The summed E-state index contributed by atoms with van der Waals surface area (Å²) in [4.78, 5) is 35.0. The fraction of sp³-hybridized carbons (Fsp3) is 0.211. The summed E-state index contributed by atoms with van der Waals surface area (Å²) in [7, 11) is 0. The molecule has 0 saturated heterocycles. The number of hydrogen-bond acceptors (Lipinski definition) is 4. The Kier molecular flexibility index (Phi) is 5.17. The summed E-state index contributed by atoms with van der Waals surface area (Å²) in [6.45, 7) is -0.173. The number of carbonyl (C=O) groups is 3. The van der Waals surface area contributed by atoms with Gasteiger partial charge in [-0.05, 0) is 29.3 Å².